The van der Waals surface area contributed by atoms with Gasteiger partial charge in [-0.1, -0.05) is 26.0 Å². The summed E-state index contributed by atoms with van der Waals surface area (Å²) < 4.78 is 0. The topological polar surface area (TPSA) is 17.1 Å². The summed E-state index contributed by atoms with van der Waals surface area (Å²) in [7, 11) is 0. The Morgan fingerprint density at radius 1 is 0.958 bits per heavy atom. The van der Waals surface area contributed by atoms with Crippen molar-refractivity contribution in [2.45, 2.75) is 54.6 Å². The smallest absolute Gasteiger partial charge is 0.194 e. The van der Waals surface area contributed by atoms with E-state index < -0.39 is 0 Å². The number of thioether (sulfide) groups is 1. The van der Waals surface area contributed by atoms with Gasteiger partial charge in [-0.05, 0) is 66.5 Å². The van der Waals surface area contributed by atoms with E-state index in [1.807, 2.05) is 30.0 Å². The van der Waals surface area contributed by atoms with E-state index in [0.717, 1.165) is 27.1 Å². The van der Waals surface area contributed by atoms with E-state index in [-0.39, 0.29) is 5.78 Å². The highest BCUT2D eigenvalue weighted by molar-refractivity contribution is 8.00. The zero-order chi connectivity index (χ0) is 16.9. The predicted octanol–water partition coefficient (Wildman–Crippen LogP) is 6.25. The molecule has 0 aromatic heterocycles. The molecule has 2 aromatic carbocycles. The van der Waals surface area contributed by atoms with Crippen LogP contribution < -0.4 is 0 Å². The first-order valence-electron chi connectivity index (χ1n) is 8.62. The van der Waals surface area contributed by atoms with E-state index in [1.165, 1.54) is 30.6 Å². The molecular formula is C21H22OS2. The van der Waals surface area contributed by atoms with Gasteiger partial charge in [-0.15, -0.1) is 24.4 Å². The Morgan fingerprint density at radius 3 is 2.29 bits per heavy atom. The summed E-state index contributed by atoms with van der Waals surface area (Å²) in [4.78, 5) is 14.8. The zero-order valence-electron chi connectivity index (χ0n) is 14.1. The highest BCUT2D eigenvalue weighted by Gasteiger charge is 2.29. The van der Waals surface area contributed by atoms with Crippen LogP contribution in [0.25, 0.3) is 11.1 Å². The number of rotatable bonds is 2. The molecule has 1 saturated carbocycles. The number of carbonyl (C=O) groups excluding carboxylic acids is 1. The van der Waals surface area contributed by atoms with Gasteiger partial charge in [-0.2, -0.15) is 0 Å². The first kappa shape index (κ1) is 16.3. The van der Waals surface area contributed by atoms with E-state index in [0.29, 0.717) is 10.7 Å². The number of ketones is 1. The van der Waals surface area contributed by atoms with Crippen LogP contribution in [0.4, 0.5) is 0 Å². The van der Waals surface area contributed by atoms with Crippen LogP contribution in [0, 0.1) is 5.41 Å². The third-order valence-electron chi connectivity index (χ3n) is 5.36. The first-order chi connectivity index (χ1) is 11.4. The van der Waals surface area contributed by atoms with Crippen LogP contribution in [-0.2, 0) is 0 Å². The molecule has 24 heavy (non-hydrogen) atoms. The third-order valence-corrected chi connectivity index (χ3v) is 6.97. The summed E-state index contributed by atoms with van der Waals surface area (Å²) in [6, 6.07) is 12.2. The van der Waals surface area contributed by atoms with Crippen molar-refractivity contribution in [3.63, 3.8) is 0 Å². The normalized spacial score (nSPS) is 19.2. The average Bonchev–Trinajstić information content (AvgIpc) is 2.82. The predicted molar refractivity (Wildman–Crippen MR) is 104 cm³/mol. The van der Waals surface area contributed by atoms with Crippen molar-refractivity contribution in [3.05, 3.63) is 47.5 Å². The highest BCUT2D eigenvalue weighted by Crippen LogP contribution is 2.44. The van der Waals surface area contributed by atoms with Crippen LogP contribution in [0.15, 0.2) is 46.2 Å². The fourth-order valence-electron chi connectivity index (χ4n) is 3.80. The second-order valence-corrected chi connectivity index (χ2v) is 9.64. The van der Waals surface area contributed by atoms with Crippen LogP contribution >= 0.6 is 24.4 Å². The van der Waals surface area contributed by atoms with Crippen molar-refractivity contribution < 1.29 is 4.79 Å². The Kier molecular flexibility index (Phi) is 4.04. The molecule has 2 aliphatic carbocycles. The second kappa shape index (κ2) is 5.96. The Hall–Kier alpha value is -1.19. The van der Waals surface area contributed by atoms with E-state index in [1.54, 1.807) is 0 Å². The molecule has 0 heterocycles. The van der Waals surface area contributed by atoms with Gasteiger partial charge < -0.3 is 0 Å². The Balaban J connectivity index is 1.58. The van der Waals surface area contributed by atoms with Crippen molar-refractivity contribution in [2.24, 2.45) is 5.41 Å². The molecule has 1 fully saturated rings. The lowest BCUT2D eigenvalue weighted by Crippen LogP contribution is -2.22. The third kappa shape index (κ3) is 2.93. The van der Waals surface area contributed by atoms with Crippen molar-refractivity contribution in [1.82, 2.24) is 0 Å². The van der Waals surface area contributed by atoms with E-state index in [2.05, 4.69) is 44.7 Å². The molecule has 0 N–H and O–H groups in total. The Bertz CT molecular complexity index is 813. The minimum atomic E-state index is 0.142. The molecule has 0 aliphatic heterocycles. The molecule has 0 unspecified atom stereocenters. The van der Waals surface area contributed by atoms with Gasteiger partial charge in [0.15, 0.2) is 5.78 Å². The molecule has 1 nitrogen and oxygen atoms in total. The van der Waals surface area contributed by atoms with Crippen LogP contribution in [0.1, 0.15) is 55.5 Å². The molecule has 3 heteroatoms. The minimum absolute atomic E-state index is 0.142. The van der Waals surface area contributed by atoms with Gasteiger partial charge in [-0.3, -0.25) is 4.79 Å². The van der Waals surface area contributed by atoms with Gasteiger partial charge in [0.25, 0.3) is 0 Å². The fraction of sp³-hybridized carbons (Fsp3) is 0.381. The molecule has 0 saturated heterocycles. The monoisotopic (exact) mass is 354 g/mol. The van der Waals surface area contributed by atoms with Crippen LogP contribution in [0.5, 0.6) is 0 Å². The maximum absolute atomic E-state index is 12.7. The number of hydrogen-bond acceptors (Lipinski definition) is 3. The number of benzene rings is 2. The van der Waals surface area contributed by atoms with Gasteiger partial charge >= 0.3 is 0 Å². The van der Waals surface area contributed by atoms with Gasteiger partial charge in [0.1, 0.15) is 0 Å². The molecular weight excluding hydrogens is 332 g/mol. The van der Waals surface area contributed by atoms with Gasteiger partial charge in [0.05, 0.1) is 0 Å². The summed E-state index contributed by atoms with van der Waals surface area (Å²) >= 11 is 6.32. The van der Waals surface area contributed by atoms with Crippen molar-refractivity contribution in [3.8, 4) is 11.1 Å². The van der Waals surface area contributed by atoms with Crippen LogP contribution in [0.2, 0.25) is 0 Å². The molecule has 0 atom stereocenters. The molecule has 2 aliphatic rings. The molecule has 2 aromatic rings. The fourth-order valence-corrected chi connectivity index (χ4v) is 5.19. The van der Waals surface area contributed by atoms with Gasteiger partial charge in [0.2, 0.25) is 0 Å². The first-order valence-corrected chi connectivity index (χ1v) is 9.94. The maximum Gasteiger partial charge on any atom is 0.194 e. The molecule has 0 amide bonds. The Labute approximate surface area is 153 Å². The molecule has 0 radical (unpaired) electrons. The number of hydrogen-bond donors (Lipinski definition) is 1. The average molecular weight is 355 g/mol. The number of carbonyl (C=O) groups is 1. The zero-order valence-corrected chi connectivity index (χ0v) is 15.8. The quantitative estimate of drug-likeness (QED) is 0.548. The molecule has 4 rings (SSSR count). The van der Waals surface area contributed by atoms with E-state index in [9.17, 15) is 4.79 Å². The number of thiol groups is 1. The highest BCUT2D eigenvalue weighted by atomic mass is 32.2. The van der Waals surface area contributed by atoms with E-state index >= 15 is 0 Å². The van der Waals surface area contributed by atoms with Crippen LogP contribution in [-0.4, -0.2) is 11.0 Å². The molecule has 0 bridgehead atoms. The lowest BCUT2D eigenvalue weighted by Gasteiger charge is -2.34. The number of fused-ring (bicyclic) bond motifs is 3. The Morgan fingerprint density at radius 2 is 1.58 bits per heavy atom. The summed E-state index contributed by atoms with van der Waals surface area (Å²) in [5.41, 5.74) is 4.25. The van der Waals surface area contributed by atoms with Crippen molar-refractivity contribution in [1.29, 1.82) is 0 Å². The maximum atomic E-state index is 12.7. The minimum Gasteiger partial charge on any atom is -0.289 e. The largest absolute Gasteiger partial charge is 0.289 e. The summed E-state index contributed by atoms with van der Waals surface area (Å²) in [6.45, 7) is 4.74. The van der Waals surface area contributed by atoms with Crippen molar-refractivity contribution >= 4 is 30.2 Å². The van der Waals surface area contributed by atoms with E-state index in [4.69, 9.17) is 0 Å². The SMILES string of the molecule is CC1(C)CCC(Sc2ccc3c(c2)C(=O)c2cc(S)ccc2-3)CC1. The van der Waals surface area contributed by atoms with Gasteiger partial charge in [-0.25, -0.2) is 0 Å². The lowest BCUT2D eigenvalue weighted by molar-refractivity contribution is 0.104. The molecule has 124 valence electrons. The lowest BCUT2D eigenvalue weighted by atomic mass is 9.77. The summed E-state index contributed by atoms with van der Waals surface area (Å²) in [5, 5.41) is 0.680. The summed E-state index contributed by atoms with van der Waals surface area (Å²) in [6.07, 6.45) is 5.13. The summed E-state index contributed by atoms with van der Waals surface area (Å²) in [5.74, 6) is 0.142. The van der Waals surface area contributed by atoms with Crippen LogP contribution in [0.3, 0.4) is 0 Å². The van der Waals surface area contributed by atoms with Gasteiger partial charge in [0, 0.05) is 26.2 Å². The second-order valence-electron chi connectivity index (χ2n) is 7.75. The molecule has 0 spiro atoms. The van der Waals surface area contributed by atoms with Crippen molar-refractivity contribution in [2.75, 3.05) is 0 Å². The standard InChI is InChI=1S/C21H22OS2/c1-21(2)9-7-14(8-10-21)24-15-4-6-17-16-5-3-13(23)11-18(16)20(22)19(17)12-15/h3-6,11-12,14,23H,7-10H2,1-2H3.